The topological polar surface area (TPSA) is 42.0 Å². The molecular weight excluding hydrogens is 316 g/mol. The van der Waals surface area contributed by atoms with Gasteiger partial charge in [0, 0.05) is 38.1 Å². The van der Waals surface area contributed by atoms with E-state index in [9.17, 15) is 4.79 Å². The molecule has 1 saturated heterocycles. The van der Waals surface area contributed by atoms with Crippen molar-refractivity contribution in [3.05, 3.63) is 29.8 Å². The number of carbonyl (C=O) groups excluding carboxylic acids is 1. The van der Waals surface area contributed by atoms with Gasteiger partial charge < -0.3 is 14.4 Å². The Labute approximate surface area is 150 Å². The van der Waals surface area contributed by atoms with Gasteiger partial charge in [0.2, 0.25) is 0 Å². The zero-order chi connectivity index (χ0) is 17.6. The maximum absolute atomic E-state index is 11.9. The highest BCUT2D eigenvalue weighted by molar-refractivity contribution is 5.68. The molecule has 3 rings (SSSR count). The van der Waals surface area contributed by atoms with Gasteiger partial charge in [0.05, 0.1) is 13.7 Å². The zero-order valence-electron chi connectivity index (χ0n) is 15.4. The lowest BCUT2D eigenvalue weighted by atomic mass is 9.99. The van der Waals surface area contributed by atoms with Gasteiger partial charge in [-0.3, -0.25) is 4.90 Å². The fourth-order valence-electron chi connectivity index (χ4n) is 3.31. The Morgan fingerprint density at radius 2 is 1.96 bits per heavy atom. The van der Waals surface area contributed by atoms with Crippen molar-refractivity contribution in [3.63, 3.8) is 0 Å². The van der Waals surface area contributed by atoms with E-state index in [2.05, 4.69) is 24.0 Å². The number of rotatable bonds is 9. The molecule has 1 aromatic rings. The smallest absolute Gasteiger partial charge is 0.409 e. The van der Waals surface area contributed by atoms with Gasteiger partial charge in [-0.05, 0) is 37.0 Å². The van der Waals surface area contributed by atoms with E-state index >= 15 is 0 Å². The van der Waals surface area contributed by atoms with Crippen molar-refractivity contribution in [1.82, 2.24) is 9.80 Å². The number of unbranched alkanes of at least 4 members (excludes halogenated alkanes) is 1. The average Bonchev–Trinajstić information content (AvgIpc) is 3.42. The fourth-order valence-corrected chi connectivity index (χ4v) is 3.31. The van der Waals surface area contributed by atoms with Crippen molar-refractivity contribution in [2.45, 2.75) is 45.2 Å². The van der Waals surface area contributed by atoms with Crippen LogP contribution in [0.4, 0.5) is 4.79 Å². The van der Waals surface area contributed by atoms with Crippen molar-refractivity contribution in [3.8, 4) is 5.75 Å². The summed E-state index contributed by atoms with van der Waals surface area (Å²) in [5.74, 6) is 1.47. The summed E-state index contributed by atoms with van der Waals surface area (Å²) in [7, 11) is 1.70. The van der Waals surface area contributed by atoms with Crippen LogP contribution in [0.2, 0.25) is 0 Å². The van der Waals surface area contributed by atoms with Crippen LogP contribution in [-0.2, 0) is 11.3 Å². The number of nitrogens with zero attached hydrogens (tertiary/aromatic N) is 2. The third-order valence-corrected chi connectivity index (χ3v) is 5.04. The minimum absolute atomic E-state index is 0.141. The Balaban J connectivity index is 1.43. The van der Waals surface area contributed by atoms with Crippen LogP contribution in [0, 0.1) is 5.92 Å². The maximum Gasteiger partial charge on any atom is 0.409 e. The molecule has 2 fully saturated rings. The largest absolute Gasteiger partial charge is 0.497 e. The molecule has 0 N–H and O–H groups in total. The second-order valence-electron chi connectivity index (χ2n) is 7.25. The van der Waals surface area contributed by atoms with Gasteiger partial charge in [-0.1, -0.05) is 25.5 Å². The van der Waals surface area contributed by atoms with Crippen molar-refractivity contribution >= 4 is 6.09 Å². The third-order valence-electron chi connectivity index (χ3n) is 5.04. The third kappa shape index (κ3) is 5.11. The van der Waals surface area contributed by atoms with Gasteiger partial charge in [0.25, 0.3) is 0 Å². The Morgan fingerprint density at radius 1 is 1.24 bits per heavy atom. The van der Waals surface area contributed by atoms with Gasteiger partial charge in [0.15, 0.2) is 0 Å². The number of hydrogen-bond donors (Lipinski definition) is 0. The van der Waals surface area contributed by atoms with Crippen molar-refractivity contribution in [2.75, 3.05) is 33.4 Å². The molecule has 1 aromatic carbocycles. The molecule has 1 heterocycles. The molecule has 1 saturated carbocycles. The first-order valence-corrected chi connectivity index (χ1v) is 9.48. The lowest BCUT2D eigenvalue weighted by Crippen LogP contribution is -2.54. The number of hydrogen-bond acceptors (Lipinski definition) is 4. The number of ether oxygens (including phenoxy) is 2. The molecule has 0 unspecified atom stereocenters. The Morgan fingerprint density at radius 3 is 2.56 bits per heavy atom. The van der Waals surface area contributed by atoms with Gasteiger partial charge in [0.1, 0.15) is 5.75 Å². The van der Waals surface area contributed by atoms with E-state index in [0.29, 0.717) is 18.6 Å². The second-order valence-corrected chi connectivity index (χ2v) is 7.25. The van der Waals surface area contributed by atoms with Crippen molar-refractivity contribution < 1.29 is 14.3 Å². The van der Waals surface area contributed by atoms with Crippen LogP contribution in [0.1, 0.15) is 38.2 Å². The zero-order valence-corrected chi connectivity index (χ0v) is 15.4. The number of amides is 1. The fraction of sp³-hybridized carbons (Fsp3) is 0.650. The van der Waals surface area contributed by atoms with E-state index in [4.69, 9.17) is 9.47 Å². The molecule has 5 heteroatoms. The summed E-state index contributed by atoms with van der Waals surface area (Å²) < 4.78 is 10.5. The predicted molar refractivity (Wildman–Crippen MR) is 97.7 cm³/mol. The SMILES string of the molecule is CCCCOC(=O)N1CC(CN(Cc2ccc(OC)cc2)C2CC2)C1. The average molecular weight is 346 g/mol. The molecule has 0 aromatic heterocycles. The Hall–Kier alpha value is -1.75. The minimum atomic E-state index is -0.141. The van der Waals surface area contributed by atoms with Crippen LogP contribution in [0.15, 0.2) is 24.3 Å². The van der Waals surface area contributed by atoms with Crippen LogP contribution >= 0.6 is 0 Å². The molecule has 138 valence electrons. The number of methoxy groups -OCH3 is 1. The predicted octanol–water partition coefficient (Wildman–Crippen LogP) is 3.53. The highest BCUT2D eigenvalue weighted by atomic mass is 16.6. The van der Waals surface area contributed by atoms with Crippen LogP contribution in [0.5, 0.6) is 5.75 Å². The van der Waals surface area contributed by atoms with Crippen LogP contribution in [0.3, 0.4) is 0 Å². The summed E-state index contributed by atoms with van der Waals surface area (Å²) in [5.41, 5.74) is 1.32. The first-order chi connectivity index (χ1) is 12.2. The Bertz CT molecular complexity index is 551. The second kappa shape index (κ2) is 8.56. The van der Waals surface area contributed by atoms with E-state index in [1.54, 1.807) is 7.11 Å². The van der Waals surface area contributed by atoms with Gasteiger partial charge in [-0.15, -0.1) is 0 Å². The Kier molecular flexibility index (Phi) is 6.19. The maximum atomic E-state index is 11.9. The minimum Gasteiger partial charge on any atom is -0.497 e. The molecular formula is C20H30N2O3. The van der Waals surface area contributed by atoms with E-state index in [-0.39, 0.29) is 6.09 Å². The highest BCUT2D eigenvalue weighted by Gasteiger charge is 2.36. The summed E-state index contributed by atoms with van der Waals surface area (Å²) in [6, 6.07) is 9.06. The van der Waals surface area contributed by atoms with Crippen LogP contribution < -0.4 is 4.74 Å². The summed E-state index contributed by atoms with van der Waals surface area (Å²) in [6.07, 6.45) is 4.45. The highest BCUT2D eigenvalue weighted by Crippen LogP contribution is 2.31. The number of benzene rings is 1. The lowest BCUT2D eigenvalue weighted by molar-refractivity contribution is 0.0377. The molecule has 0 atom stereocenters. The normalized spacial score (nSPS) is 17.5. The monoisotopic (exact) mass is 346 g/mol. The molecule has 25 heavy (non-hydrogen) atoms. The summed E-state index contributed by atoms with van der Waals surface area (Å²) >= 11 is 0. The van der Waals surface area contributed by atoms with Crippen LogP contribution in [-0.4, -0.2) is 55.3 Å². The molecule has 1 aliphatic carbocycles. The van der Waals surface area contributed by atoms with Crippen LogP contribution in [0.25, 0.3) is 0 Å². The molecule has 0 radical (unpaired) electrons. The summed E-state index contributed by atoms with van der Waals surface area (Å²) in [5, 5.41) is 0. The number of likely N-dealkylation sites (tertiary alicyclic amines) is 1. The molecule has 1 aliphatic heterocycles. The quantitative estimate of drug-likeness (QED) is 0.642. The lowest BCUT2D eigenvalue weighted by Gasteiger charge is -2.41. The molecule has 1 amide bonds. The van der Waals surface area contributed by atoms with E-state index in [1.165, 1.54) is 18.4 Å². The van der Waals surface area contributed by atoms with Crippen molar-refractivity contribution in [1.29, 1.82) is 0 Å². The standard InChI is InChI=1S/C20H30N2O3/c1-3-4-11-25-20(23)22-14-17(15-22)13-21(18-7-8-18)12-16-5-9-19(24-2)10-6-16/h5-6,9-10,17-18H,3-4,7-8,11-15H2,1-2H3. The van der Waals surface area contributed by atoms with Gasteiger partial charge >= 0.3 is 6.09 Å². The van der Waals surface area contributed by atoms with E-state index < -0.39 is 0 Å². The van der Waals surface area contributed by atoms with Gasteiger partial charge in [-0.25, -0.2) is 4.79 Å². The molecule has 5 nitrogen and oxygen atoms in total. The molecule has 0 spiro atoms. The van der Waals surface area contributed by atoms with E-state index in [1.807, 2.05) is 17.0 Å². The summed E-state index contributed by atoms with van der Waals surface area (Å²) in [4.78, 5) is 16.3. The molecule has 0 bridgehead atoms. The van der Waals surface area contributed by atoms with Crippen molar-refractivity contribution in [2.24, 2.45) is 5.92 Å². The molecule has 2 aliphatic rings. The first-order valence-electron chi connectivity index (χ1n) is 9.48. The van der Waals surface area contributed by atoms with Gasteiger partial charge in [-0.2, -0.15) is 0 Å². The number of carbonyl (C=O) groups is 1. The van der Waals surface area contributed by atoms with E-state index in [0.717, 1.165) is 44.8 Å². The first kappa shape index (κ1) is 18.1. The summed E-state index contributed by atoms with van der Waals surface area (Å²) in [6.45, 7) is 6.35.